The molecule has 6 nitrogen and oxygen atoms in total. The molecule has 0 saturated carbocycles. The van der Waals surface area contributed by atoms with Gasteiger partial charge in [0.25, 0.3) is 0 Å². The number of nitrogens with zero attached hydrogens (tertiary/aromatic N) is 1. The van der Waals surface area contributed by atoms with Crippen LogP contribution in [-0.4, -0.2) is 31.4 Å². The molecular weight excluding hydrogens is 409 g/mol. The molecular formula is C18H17Cl2N3O3S. The van der Waals surface area contributed by atoms with Crippen molar-refractivity contribution in [3.8, 4) is 5.75 Å². The molecule has 0 radical (unpaired) electrons. The summed E-state index contributed by atoms with van der Waals surface area (Å²) >= 11 is 12.1. The van der Waals surface area contributed by atoms with Crippen LogP contribution in [0.3, 0.4) is 0 Å². The molecule has 0 bridgehead atoms. The van der Waals surface area contributed by atoms with Crippen molar-refractivity contribution in [1.29, 1.82) is 0 Å². The third kappa shape index (κ3) is 3.48. The van der Waals surface area contributed by atoms with Crippen molar-refractivity contribution in [3.05, 3.63) is 57.7 Å². The predicted octanol–water partition coefficient (Wildman–Crippen LogP) is 4.20. The molecule has 4 rings (SSSR count). The smallest absolute Gasteiger partial charge is 0.302 e. The average molecular weight is 426 g/mol. The topological polar surface area (TPSA) is 74.4 Å². The first-order valence-electron chi connectivity index (χ1n) is 8.28. The van der Waals surface area contributed by atoms with E-state index in [1.807, 2.05) is 18.2 Å². The van der Waals surface area contributed by atoms with Gasteiger partial charge in [0.15, 0.2) is 0 Å². The molecule has 1 aromatic heterocycles. The molecule has 27 heavy (non-hydrogen) atoms. The summed E-state index contributed by atoms with van der Waals surface area (Å²) in [6.45, 7) is 0.647. The SMILES string of the molecule is COc1cc(NS(=O)(=O)N2CCc3c([nH]c4ccc(Cl)cc34)C2)ccc1Cl. The maximum atomic E-state index is 12.8. The van der Waals surface area contributed by atoms with Crippen LogP contribution in [0.2, 0.25) is 10.0 Å². The lowest BCUT2D eigenvalue weighted by Gasteiger charge is -2.26. The molecule has 0 aliphatic carbocycles. The van der Waals surface area contributed by atoms with Crippen LogP contribution in [0.4, 0.5) is 5.69 Å². The zero-order valence-electron chi connectivity index (χ0n) is 14.4. The van der Waals surface area contributed by atoms with Gasteiger partial charge in [0.1, 0.15) is 5.75 Å². The van der Waals surface area contributed by atoms with Gasteiger partial charge in [0.05, 0.1) is 24.4 Å². The molecule has 3 aromatic rings. The number of benzene rings is 2. The summed E-state index contributed by atoms with van der Waals surface area (Å²) in [6.07, 6.45) is 0.612. The van der Waals surface area contributed by atoms with E-state index in [0.29, 0.717) is 34.4 Å². The molecule has 0 spiro atoms. The van der Waals surface area contributed by atoms with Crippen LogP contribution in [0.25, 0.3) is 10.9 Å². The predicted molar refractivity (Wildman–Crippen MR) is 108 cm³/mol. The number of hydrogen-bond donors (Lipinski definition) is 2. The van der Waals surface area contributed by atoms with Gasteiger partial charge in [0, 0.05) is 34.2 Å². The van der Waals surface area contributed by atoms with Crippen LogP contribution >= 0.6 is 23.2 Å². The number of fused-ring (bicyclic) bond motifs is 3. The Morgan fingerprint density at radius 2 is 2.00 bits per heavy atom. The largest absolute Gasteiger partial charge is 0.495 e. The second-order valence-electron chi connectivity index (χ2n) is 6.31. The number of rotatable bonds is 4. The zero-order chi connectivity index (χ0) is 19.2. The van der Waals surface area contributed by atoms with Crippen LogP contribution < -0.4 is 9.46 Å². The van der Waals surface area contributed by atoms with Gasteiger partial charge in [-0.15, -0.1) is 0 Å². The molecule has 0 saturated heterocycles. The Labute approximate surface area is 167 Å². The number of aromatic nitrogens is 1. The third-order valence-corrected chi connectivity index (χ3v) is 6.67. The normalized spacial score (nSPS) is 14.9. The number of hydrogen-bond acceptors (Lipinski definition) is 3. The summed E-state index contributed by atoms with van der Waals surface area (Å²) in [5.41, 5.74) is 3.36. The molecule has 9 heteroatoms. The number of ether oxygens (including phenoxy) is 1. The molecule has 2 aromatic carbocycles. The van der Waals surface area contributed by atoms with Crippen molar-refractivity contribution >= 4 is 50.0 Å². The molecule has 2 heterocycles. The van der Waals surface area contributed by atoms with Crippen LogP contribution in [0.5, 0.6) is 5.75 Å². The van der Waals surface area contributed by atoms with E-state index in [1.165, 1.54) is 11.4 Å². The number of anilines is 1. The van der Waals surface area contributed by atoms with Gasteiger partial charge < -0.3 is 9.72 Å². The van der Waals surface area contributed by atoms with Gasteiger partial charge in [-0.3, -0.25) is 4.72 Å². The van der Waals surface area contributed by atoms with Gasteiger partial charge in [-0.05, 0) is 42.3 Å². The number of methoxy groups -OCH3 is 1. The summed E-state index contributed by atoms with van der Waals surface area (Å²) in [5, 5.41) is 2.13. The van der Waals surface area contributed by atoms with Crippen LogP contribution in [0.1, 0.15) is 11.3 Å². The highest BCUT2D eigenvalue weighted by Crippen LogP contribution is 2.32. The highest BCUT2D eigenvalue weighted by atomic mass is 35.5. The maximum Gasteiger partial charge on any atom is 0.302 e. The van der Waals surface area contributed by atoms with E-state index < -0.39 is 10.2 Å². The Morgan fingerprint density at radius 1 is 1.19 bits per heavy atom. The van der Waals surface area contributed by atoms with E-state index >= 15 is 0 Å². The van der Waals surface area contributed by atoms with Crippen molar-refractivity contribution in [2.45, 2.75) is 13.0 Å². The monoisotopic (exact) mass is 425 g/mol. The Balaban J connectivity index is 1.60. The van der Waals surface area contributed by atoms with E-state index in [4.69, 9.17) is 27.9 Å². The highest BCUT2D eigenvalue weighted by Gasteiger charge is 2.29. The lowest BCUT2D eigenvalue weighted by molar-refractivity contribution is 0.391. The molecule has 142 valence electrons. The molecule has 0 atom stereocenters. The van der Waals surface area contributed by atoms with Crippen LogP contribution in [0, 0.1) is 0 Å². The summed E-state index contributed by atoms with van der Waals surface area (Å²) in [7, 11) is -2.24. The van der Waals surface area contributed by atoms with Crippen LogP contribution in [-0.2, 0) is 23.2 Å². The second kappa shape index (κ2) is 6.91. The first-order valence-corrected chi connectivity index (χ1v) is 10.5. The van der Waals surface area contributed by atoms with Crippen molar-refractivity contribution in [3.63, 3.8) is 0 Å². The van der Waals surface area contributed by atoms with E-state index in [2.05, 4.69) is 9.71 Å². The Bertz CT molecular complexity index is 1130. The first kappa shape index (κ1) is 18.4. The van der Waals surface area contributed by atoms with Crippen molar-refractivity contribution in [2.24, 2.45) is 0 Å². The fourth-order valence-electron chi connectivity index (χ4n) is 3.33. The summed E-state index contributed by atoms with van der Waals surface area (Å²) in [4.78, 5) is 3.30. The van der Waals surface area contributed by atoms with E-state index in [0.717, 1.165) is 22.2 Å². The first-order chi connectivity index (χ1) is 12.9. The fourth-order valence-corrected chi connectivity index (χ4v) is 4.88. The van der Waals surface area contributed by atoms with E-state index in [-0.39, 0.29) is 6.54 Å². The van der Waals surface area contributed by atoms with E-state index in [1.54, 1.807) is 18.2 Å². The molecule has 1 aliphatic rings. The van der Waals surface area contributed by atoms with Crippen molar-refractivity contribution < 1.29 is 13.2 Å². The fraction of sp³-hybridized carbons (Fsp3) is 0.222. The van der Waals surface area contributed by atoms with Gasteiger partial charge >= 0.3 is 10.2 Å². The minimum atomic E-state index is -3.72. The summed E-state index contributed by atoms with van der Waals surface area (Å²) < 4.78 is 34.8. The standard InChI is InChI=1S/C18H17Cl2N3O3S/c1-26-18-9-12(3-4-15(18)20)22-27(24,25)23-7-6-13-14-8-11(19)2-5-16(14)21-17(13)10-23/h2-5,8-9,21-22H,6-7,10H2,1H3. The molecule has 2 N–H and O–H groups in total. The number of aromatic amines is 1. The molecule has 1 aliphatic heterocycles. The zero-order valence-corrected chi connectivity index (χ0v) is 16.7. The molecule has 0 unspecified atom stereocenters. The van der Waals surface area contributed by atoms with Gasteiger partial charge in [0.2, 0.25) is 0 Å². The number of nitrogens with one attached hydrogen (secondary N) is 2. The van der Waals surface area contributed by atoms with Crippen LogP contribution in [0.15, 0.2) is 36.4 Å². The van der Waals surface area contributed by atoms with Crippen molar-refractivity contribution in [2.75, 3.05) is 18.4 Å². The second-order valence-corrected chi connectivity index (χ2v) is 8.83. The molecule has 0 fully saturated rings. The highest BCUT2D eigenvalue weighted by molar-refractivity contribution is 7.90. The number of H-pyrrole nitrogens is 1. The minimum Gasteiger partial charge on any atom is -0.495 e. The Hall–Kier alpha value is -1.93. The summed E-state index contributed by atoms with van der Waals surface area (Å²) in [6, 6.07) is 10.4. The average Bonchev–Trinajstić information content (AvgIpc) is 3.00. The summed E-state index contributed by atoms with van der Waals surface area (Å²) in [5.74, 6) is 0.408. The quantitative estimate of drug-likeness (QED) is 0.657. The van der Waals surface area contributed by atoms with Gasteiger partial charge in [-0.25, -0.2) is 0 Å². The minimum absolute atomic E-state index is 0.266. The van der Waals surface area contributed by atoms with Crippen molar-refractivity contribution in [1.82, 2.24) is 9.29 Å². The van der Waals surface area contributed by atoms with Gasteiger partial charge in [-0.2, -0.15) is 12.7 Å². The lowest BCUT2D eigenvalue weighted by Crippen LogP contribution is -2.39. The third-order valence-electron chi connectivity index (χ3n) is 4.64. The Kier molecular flexibility index (Phi) is 4.71. The van der Waals surface area contributed by atoms with Gasteiger partial charge in [-0.1, -0.05) is 23.2 Å². The van der Waals surface area contributed by atoms with E-state index in [9.17, 15) is 8.42 Å². The molecule has 0 amide bonds. The number of halogens is 2. The Morgan fingerprint density at radius 3 is 2.78 bits per heavy atom. The maximum absolute atomic E-state index is 12.8. The lowest BCUT2D eigenvalue weighted by atomic mass is 10.0.